The van der Waals surface area contributed by atoms with Crippen molar-refractivity contribution in [1.82, 2.24) is 5.32 Å². The molecule has 0 aliphatic heterocycles. The molecule has 0 fully saturated rings. The number of hydrogen-bond donors (Lipinski definition) is 2. The van der Waals surface area contributed by atoms with E-state index >= 15 is 0 Å². The van der Waals surface area contributed by atoms with Gasteiger partial charge in [0.1, 0.15) is 12.6 Å². The summed E-state index contributed by atoms with van der Waals surface area (Å²) in [6, 6.07) is 8.26. The van der Waals surface area contributed by atoms with Crippen molar-refractivity contribution in [3.63, 3.8) is 0 Å². The van der Waals surface area contributed by atoms with Gasteiger partial charge in [-0.15, -0.1) is 0 Å². The zero-order chi connectivity index (χ0) is 17.5. The van der Waals surface area contributed by atoms with E-state index in [1.165, 1.54) is 0 Å². The van der Waals surface area contributed by atoms with E-state index in [0.717, 1.165) is 5.56 Å². The SMILES string of the molecule is CC(C)(C)C(CCBr)[C@H](NC(=O)OCc1ccccc1)C(=O)O. The summed E-state index contributed by atoms with van der Waals surface area (Å²) in [7, 11) is 0. The van der Waals surface area contributed by atoms with E-state index in [2.05, 4.69) is 21.2 Å². The number of benzene rings is 1. The van der Waals surface area contributed by atoms with Crippen molar-refractivity contribution in [2.45, 2.75) is 39.8 Å². The number of hydrogen-bond acceptors (Lipinski definition) is 3. The molecule has 0 saturated carbocycles. The fraction of sp³-hybridized carbons (Fsp3) is 0.529. The number of carboxylic acids is 1. The number of alkyl carbamates (subject to hydrolysis) is 1. The van der Waals surface area contributed by atoms with Gasteiger partial charge in [-0.3, -0.25) is 0 Å². The second-order valence-electron chi connectivity index (χ2n) is 6.47. The molecule has 1 aromatic carbocycles. The zero-order valence-electron chi connectivity index (χ0n) is 13.7. The van der Waals surface area contributed by atoms with Gasteiger partial charge in [0.05, 0.1) is 0 Å². The van der Waals surface area contributed by atoms with E-state index in [1.54, 1.807) is 0 Å². The standard InChI is InChI=1S/C17H24BrNO4/c1-17(2,3)13(9-10-18)14(15(20)21)19-16(22)23-11-12-7-5-4-6-8-12/h4-8,13-14H,9-11H2,1-3H3,(H,19,22)(H,20,21)/t13?,14-/m0/s1. The summed E-state index contributed by atoms with van der Waals surface area (Å²) in [5, 5.41) is 12.6. The lowest BCUT2D eigenvalue weighted by Gasteiger charge is -2.35. The van der Waals surface area contributed by atoms with Gasteiger partial charge in [0, 0.05) is 5.33 Å². The molecule has 1 amide bonds. The Kier molecular flexibility index (Phi) is 7.55. The molecule has 128 valence electrons. The molecular formula is C17H24BrNO4. The lowest BCUT2D eigenvalue weighted by Crippen LogP contribution is -2.50. The maximum atomic E-state index is 12.0. The van der Waals surface area contributed by atoms with E-state index in [9.17, 15) is 14.7 Å². The summed E-state index contributed by atoms with van der Waals surface area (Å²) in [5.74, 6) is -1.27. The molecule has 0 spiro atoms. The Labute approximate surface area is 145 Å². The van der Waals surface area contributed by atoms with E-state index in [0.29, 0.717) is 11.8 Å². The molecule has 6 heteroatoms. The van der Waals surface area contributed by atoms with E-state index in [-0.39, 0.29) is 17.9 Å². The summed E-state index contributed by atoms with van der Waals surface area (Å²) < 4.78 is 5.12. The Morgan fingerprint density at radius 1 is 1.26 bits per heavy atom. The molecule has 2 atom stereocenters. The van der Waals surface area contributed by atoms with Crippen LogP contribution in [-0.2, 0) is 16.1 Å². The van der Waals surface area contributed by atoms with E-state index in [1.807, 2.05) is 51.1 Å². The minimum Gasteiger partial charge on any atom is -0.480 e. The van der Waals surface area contributed by atoms with Crippen molar-refractivity contribution in [3.05, 3.63) is 35.9 Å². The topological polar surface area (TPSA) is 75.6 Å². The highest BCUT2D eigenvalue weighted by atomic mass is 79.9. The number of nitrogens with one attached hydrogen (secondary N) is 1. The largest absolute Gasteiger partial charge is 0.480 e. The highest BCUT2D eigenvalue weighted by Crippen LogP contribution is 2.32. The smallest absolute Gasteiger partial charge is 0.408 e. The summed E-state index contributed by atoms with van der Waals surface area (Å²) in [5.41, 5.74) is 0.589. The number of alkyl halides is 1. The average molecular weight is 386 g/mol. The molecule has 23 heavy (non-hydrogen) atoms. The number of halogens is 1. The van der Waals surface area contributed by atoms with E-state index in [4.69, 9.17) is 4.74 Å². The average Bonchev–Trinajstić information content (AvgIpc) is 2.48. The number of carbonyl (C=O) groups is 2. The van der Waals surface area contributed by atoms with Gasteiger partial charge in [-0.05, 0) is 23.3 Å². The normalized spacial score (nSPS) is 13.9. The van der Waals surface area contributed by atoms with Crippen molar-refractivity contribution in [1.29, 1.82) is 0 Å². The van der Waals surface area contributed by atoms with Crippen LogP contribution in [0, 0.1) is 11.3 Å². The first-order valence-electron chi connectivity index (χ1n) is 7.51. The van der Waals surface area contributed by atoms with Crippen molar-refractivity contribution in [2.24, 2.45) is 11.3 Å². The molecule has 1 unspecified atom stereocenters. The molecule has 2 N–H and O–H groups in total. The number of rotatable bonds is 7. The molecule has 0 aliphatic carbocycles. The van der Waals surface area contributed by atoms with Crippen LogP contribution in [0.1, 0.15) is 32.8 Å². The maximum Gasteiger partial charge on any atom is 0.408 e. The Hall–Kier alpha value is -1.56. The van der Waals surface area contributed by atoms with Crippen LogP contribution < -0.4 is 5.32 Å². The van der Waals surface area contributed by atoms with Gasteiger partial charge in [0.15, 0.2) is 0 Å². The Bertz CT molecular complexity index is 513. The maximum absolute atomic E-state index is 12.0. The van der Waals surface area contributed by atoms with Crippen LogP contribution in [0.3, 0.4) is 0 Å². The van der Waals surface area contributed by atoms with Crippen molar-refractivity contribution < 1.29 is 19.4 Å². The van der Waals surface area contributed by atoms with Gasteiger partial charge >= 0.3 is 12.1 Å². The number of ether oxygens (including phenoxy) is 1. The second-order valence-corrected chi connectivity index (χ2v) is 7.27. The fourth-order valence-corrected chi connectivity index (χ4v) is 2.94. The molecular weight excluding hydrogens is 362 g/mol. The first-order chi connectivity index (χ1) is 10.8. The van der Waals surface area contributed by atoms with Crippen LogP contribution in [0.15, 0.2) is 30.3 Å². The van der Waals surface area contributed by atoms with Gasteiger partial charge in [-0.25, -0.2) is 9.59 Å². The molecule has 1 aromatic rings. The first-order valence-corrected chi connectivity index (χ1v) is 8.64. The van der Waals surface area contributed by atoms with Gasteiger partial charge < -0.3 is 15.2 Å². The Morgan fingerprint density at radius 2 is 1.87 bits per heavy atom. The zero-order valence-corrected chi connectivity index (χ0v) is 15.3. The quantitative estimate of drug-likeness (QED) is 0.699. The molecule has 5 nitrogen and oxygen atoms in total. The van der Waals surface area contributed by atoms with Crippen LogP contribution in [0.5, 0.6) is 0 Å². The van der Waals surface area contributed by atoms with Gasteiger partial charge in [-0.1, -0.05) is 67.0 Å². The third kappa shape index (κ3) is 6.60. The first kappa shape index (κ1) is 19.5. The Balaban J connectivity index is 2.70. The summed E-state index contributed by atoms with van der Waals surface area (Å²) in [6.45, 7) is 6.01. The third-order valence-corrected chi connectivity index (χ3v) is 4.14. The molecule has 0 aliphatic rings. The fourth-order valence-electron chi connectivity index (χ4n) is 2.44. The predicted molar refractivity (Wildman–Crippen MR) is 92.5 cm³/mol. The molecule has 0 aromatic heterocycles. The lowest BCUT2D eigenvalue weighted by atomic mass is 9.74. The number of carbonyl (C=O) groups excluding carboxylic acids is 1. The van der Waals surface area contributed by atoms with Crippen LogP contribution >= 0.6 is 15.9 Å². The molecule has 0 heterocycles. The third-order valence-electron chi connectivity index (χ3n) is 3.69. The van der Waals surface area contributed by atoms with Crippen molar-refractivity contribution >= 4 is 28.0 Å². The highest BCUT2D eigenvalue weighted by Gasteiger charge is 2.37. The van der Waals surface area contributed by atoms with Crippen molar-refractivity contribution in [2.75, 3.05) is 5.33 Å². The molecule has 0 saturated heterocycles. The number of amides is 1. The molecule has 0 radical (unpaired) electrons. The number of aliphatic carboxylic acids is 1. The summed E-state index contributed by atoms with van der Waals surface area (Å²) >= 11 is 3.35. The predicted octanol–water partition coefficient (Wildman–Crippen LogP) is 3.81. The van der Waals surface area contributed by atoms with Gasteiger partial charge in [0.2, 0.25) is 0 Å². The van der Waals surface area contributed by atoms with Gasteiger partial charge in [-0.2, -0.15) is 0 Å². The van der Waals surface area contributed by atoms with E-state index < -0.39 is 18.1 Å². The summed E-state index contributed by atoms with van der Waals surface area (Å²) in [4.78, 5) is 23.5. The lowest BCUT2D eigenvalue weighted by molar-refractivity contribution is -0.142. The monoisotopic (exact) mass is 385 g/mol. The van der Waals surface area contributed by atoms with Crippen molar-refractivity contribution in [3.8, 4) is 0 Å². The van der Waals surface area contributed by atoms with Crippen LogP contribution in [-0.4, -0.2) is 28.5 Å². The van der Waals surface area contributed by atoms with Crippen LogP contribution in [0.2, 0.25) is 0 Å². The molecule has 0 bridgehead atoms. The summed E-state index contributed by atoms with van der Waals surface area (Å²) in [6.07, 6.45) is -0.0792. The number of carboxylic acid groups (broad SMARTS) is 1. The Morgan fingerprint density at radius 3 is 2.35 bits per heavy atom. The highest BCUT2D eigenvalue weighted by molar-refractivity contribution is 9.09. The minimum atomic E-state index is -1.05. The van der Waals surface area contributed by atoms with Crippen LogP contribution in [0.4, 0.5) is 4.79 Å². The van der Waals surface area contributed by atoms with Gasteiger partial charge in [0.25, 0.3) is 0 Å². The molecule has 1 rings (SSSR count). The minimum absolute atomic E-state index is 0.109. The van der Waals surface area contributed by atoms with Crippen LogP contribution in [0.25, 0.3) is 0 Å². The second kappa shape index (κ2) is 8.91.